The summed E-state index contributed by atoms with van der Waals surface area (Å²) >= 11 is 0. The smallest absolute Gasteiger partial charge is 0.200 e. The topological polar surface area (TPSA) is 103 Å². The van der Waals surface area contributed by atoms with Crippen molar-refractivity contribution in [2.24, 2.45) is 0 Å². The van der Waals surface area contributed by atoms with Crippen LogP contribution in [0.2, 0.25) is 0 Å². The van der Waals surface area contributed by atoms with E-state index in [-0.39, 0.29) is 21.7 Å². The second kappa shape index (κ2) is 8.53. The molecule has 0 radical (unpaired) electrons. The molecular formula is C34H34N8. The number of pyridine rings is 2. The van der Waals surface area contributed by atoms with Gasteiger partial charge in [0.2, 0.25) is 11.6 Å². The molecule has 0 spiro atoms. The van der Waals surface area contributed by atoms with Gasteiger partial charge in [0.15, 0.2) is 0 Å². The SMILES string of the molecule is CC1(C)C=CC(C)(C)c2nc(-c3ccc4ccc5ccc(-c6nnc7c(n6)C(C)(C)C=CC7(C)C)nc5c4n3)nnc21. The molecule has 5 aromatic rings. The lowest BCUT2D eigenvalue weighted by atomic mass is 9.73. The first kappa shape index (κ1) is 26.4. The summed E-state index contributed by atoms with van der Waals surface area (Å²) in [6.07, 6.45) is 8.79. The van der Waals surface area contributed by atoms with E-state index >= 15 is 0 Å². The number of nitrogens with zero attached hydrogens (tertiary/aromatic N) is 8. The standard InChI is InChI=1S/C34H34N8/c1-31(2)15-17-33(5,6)27-25(31)37-29(41-39-27)21-13-11-19-9-10-20-12-14-22(36-24(20)23(19)35-21)30-38-26-28(40-42-30)34(7,8)18-16-32(26,3)4/h9-18H,1-8H3. The summed E-state index contributed by atoms with van der Waals surface area (Å²) < 4.78 is 0. The van der Waals surface area contributed by atoms with Crippen molar-refractivity contribution in [1.29, 1.82) is 0 Å². The van der Waals surface area contributed by atoms with E-state index in [0.29, 0.717) is 23.0 Å². The Bertz CT molecular complexity index is 1850. The fourth-order valence-electron chi connectivity index (χ4n) is 5.80. The maximum Gasteiger partial charge on any atom is 0.200 e. The Hall–Kier alpha value is -4.46. The van der Waals surface area contributed by atoms with Gasteiger partial charge in [-0.3, -0.25) is 0 Å². The zero-order valence-corrected chi connectivity index (χ0v) is 25.4. The molecule has 1 aromatic carbocycles. The van der Waals surface area contributed by atoms with Crippen molar-refractivity contribution in [3.63, 3.8) is 0 Å². The van der Waals surface area contributed by atoms with Gasteiger partial charge in [0, 0.05) is 32.4 Å². The monoisotopic (exact) mass is 554 g/mol. The van der Waals surface area contributed by atoms with Crippen molar-refractivity contribution in [3.8, 4) is 23.0 Å². The molecule has 0 unspecified atom stereocenters. The second-order valence-corrected chi connectivity index (χ2v) is 13.8. The predicted octanol–water partition coefficient (Wildman–Crippen LogP) is 6.74. The van der Waals surface area contributed by atoms with E-state index in [0.717, 1.165) is 44.6 Å². The molecule has 2 aliphatic rings. The van der Waals surface area contributed by atoms with Crippen molar-refractivity contribution < 1.29 is 0 Å². The van der Waals surface area contributed by atoms with E-state index in [1.54, 1.807) is 0 Å². The lowest BCUT2D eigenvalue weighted by Crippen LogP contribution is -2.32. The summed E-state index contributed by atoms with van der Waals surface area (Å²) in [6, 6.07) is 12.1. The quantitative estimate of drug-likeness (QED) is 0.175. The van der Waals surface area contributed by atoms with Gasteiger partial charge < -0.3 is 0 Å². The van der Waals surface area contributed by atoms with Gasteiger partial charge in [0.05, 0.1) is 33.8 Å². The first-order valence-electron chi connectivity index (χ1n) is 14.4. The molecule has 8 nitrogen and oxygen atoms in total. The number of fused-ring (bicyclic) bond motifs is 5. The minimum atomic E-state index is -0.252. The maximum absolute atomic E-state index is 5.04. The van der Waals surface area contributed by atoms with Gasteiger partial charge >= 0.3 is 0 Å². The number of hydrogen-bond donors (Lipinski definition) is 0. The van der Waals surface area contributed by atoms with Gasteiger partial charge in [-0.1, -0.05) is 104 Å². The van der Waals surface area contributed by atoms with Crippen LogP contribution in [0, 0.1) is 0 Å². The molecule has 0 saturated carbocycles. The van der Waals surface area contributed by atoms with Gasteiger partial charge in [-0.25, -0.2) is 19.9 Å². The third-order valence-electron chi connectivity index (χ3n) is 8.63. The molecule has 0 atom stereocenters. The molecule has 7 rings (SSSR count). The van der Waals surface area contributed by atoms with Crippen LogP contribution in [0.1, 0.15) is 78.2 Å². The van der Waals surface area contributed by atoms with E-state index in [1.165, 1.54) is 0 Å². The third-order valence-corrected chi connectivity index (χ3v) is 8.63. The van der Waals surface area contributed by atoms with Crippen LogP contribution < -0.4 is 0 Å². The molecule has 4 aromatic heterocycles. The fourth-order valence-corrected chi connectivity index (χ4v) is 5.80. The Kier molecular flexibility index (Phi) is 5.37. The molecule has 0 fully saturated rings. The largest absolute Gasteiger partial charge is 0.242 e. The first-order valence-corrected chi connectivity index (χ1v) is 14.4. The molecule has 8 heteroatoms. The van der Waals surface area contributed by atoms with Crippen LogP contribution in [0.15, 0.2) is 60.7 Å². The van der Waals surface area contributed by atoms with E-state index in [9.17, 15) is 0 Å². The van der Waals surface area contributed by atoms with E-state index < -0.39 is 0 Å². The Morgan fingerprint density at radius 2 is 0.714 bits per heavy atom. The average molecular weight is 555 g/mol. The molecule has 2 aliphatic carbocycles. The molecule has 210 valence electrons. The Morgan fingerprint density at radius 3 is 1.10 bits per heavy atom. The van der Waals surface area contributed by atoms with Crippen LogP contribution in [-0.2, 0) is 21.7 Å². The van der Waals surface area contributed by atoms with Crippen LogP contribution >= 0.6 is 0 Å². The highest BCUT2D eigenvalue weighted by Crippen LogP contribution is 2.40. The molecule has 0 aliphatic heterocycles. The zero-order valence-electron chi connectivity index (χ0n) is 25.4. The molecule has 0 saturated heterocycles. The van der Waals surface area contributed by atoms with Crippen LogP contribution in [0.3, 0.4) is 0 Å². The number of rotatable bonds is 2. The lowest BCUT2D eigenvalue weighted by Gasteiger charge is -2.33. The van der Waals surface area contributed by atoms with E-state index in [4.69, 9.17) is 19.9 Å². The maximum atomic E-state index is 5.04. The van der Waals surface area contributed by atoms with Gasteiger partial charge in [-0.05, 0) is 12.1 Å². The number of benzene rings is 1. The minimum Gasteiger partial charge on any atom is -0.242 e. The number of hydrogen-bond acceptors (Lipinski definition) is 8. The van der Waals surface area contributed by atoms with Crippen molar-refractivity contribution >= 4 is 21.8 Å². The van der Waals surface area contributed by atoms with Crippen molar-refractivity contribution in [1.82, 2.24) is 40.3 Å². The van der Waals surface area contributed by atoms with Gasteiger partial charge in [-0.15, -0.1) is 10.2 Å². The highest BCUT2D eigenvalue weighted by molar-refractivity contribution is 6.03. The van der Waals surface area contributed by atoms with Crippen LogP contribution in [0.25, 0.3) is 44.8 Å². The van der Waals surface area contributed by atoms with Gasteiger partial charge in [0.25, 0.3) is 0 Å². The number of allylic oxidation sites excluding steroid dienone is 4. The van der Waals surface area contributed by atoms with E-state index in [2.05, 4.69) is 112 Å². The molecule has 42 heavy (non-hydrogen) atoms. The second-order valence-electron chi connectivity index (χ2n) is 13.8. The summed E-state index contributed by atoms with van der Waals surface area (Å²) in [5.74, 6) is 1.01. The van der Waals surface area contributed by atoms with Crippen molar-refractivity contribution in [2.75, 3.05) is 0 Å². The lowest BCUT2D eigenvalue weighted by molar-refractivity contribution is 0.517. The van der Waals surface area contributed by atoms with Gasteiger partial charge in [0.1, 0.15) is 11.4 Å². The molecule has 0 N–H and O–H groups in total. The summed E-state index contributed by atoms with van der Waals surface area (Å²) in [6.45, 7) is 17.2. The normalized spacial score (nSPS) is 19.0. The fraction of sp³-hybridized carbons (Fsp3) is 0.353. The van der Waals surface area contributed by atoms with Gasteiger partial charge in [-0.2, -0.15) is 10.2 Å². The summed E-state index contributed by atoms with van der Waals surface area (Å²) in [5, 5.41) is 20.3. The Labute approximate surface area is 245 Å². The van der Waals surface area contributed by atoms with E-state index in [1.807, 2.05) is 24.3 Å². The van der Waals surface area contributed by atoms with Crippen molar-refractivity contribution in [2.45, 2.75) is 77.0 Å². The van der Waals surface area contributed by atoms with Crippen LogP contribution in [0.5, 0.6) is 0 Å². The molecule has 0 bridgehead atoms. The highest BCUT2D eigenvalue weighted by atomic mass is 15.2. The molecule has 4 heterocycles. The summed E-state index contributed by atoms with van der Waals surface area (Å²) in [5.41, 5.74) is 5.54. The average Bonchev–Trinajstić information content (AvgIpc) is 2.97. The van der Waals surface area contributed by atoms with Crippen LogP contribution in [-0.4, -0.2) is 40.3 Å². The minimum absolute atomic E-state index is 0.231. The molecule has 0 amide bonds. The molecular weight excluding hydrogens is 520 g/mol. The zero-order chi connectivity index (χ0) is 29.7. The first-order chi connectivity index (χ1) is 19.8. The summed E-state index contributed by atoms with van der Waals surface area (Å²) in [7, 11) is 0. The Morgan fingerprint density at radius 1 is 0.381 bits per heavy atom. The Balaban J connectivity index is 1.37. The van der Waals surface area contributed by atoms with Crippen molar-refractivity contribution in [3.05, 3.63) is 83.5 Å². The van der Waals surface area contributed by atoms with Crippen LogP contribution in [0.4, 0.5) is 0 Å². The number of aromatic nitrogens is 8. The third kappa shape index (κ3) is 4.03. The highest BCUT2D eigenvalue weighted by Gasteiger charge is 2.37. The predicted molar refractivity (Wildman–Crippen MR) is 165 cm³/mol. The summed E-state index contributed by atoms with van der Waals surface area (Å²) in [4.78, 5) is 20.1.